The molecule has 0 aromatic heterocycles. The highest BCUT2D eigenvalue weighted by Gasteiger charge is 2.35. The van der Waals surface area contributed by atoms with Crippen molar-refractivity contribution in [3.63, 3.8) is 0 Å². The first-order valence-electron chi connectivity index (χ1n) is 11.4. The van der Waals surface area contributed by atoms with Crippen LogP contribution in [0, 0.1) is 20.2 Å². The number of benzene rings is 3. The third kappa shape index (κ3) is 6.42. The Balaban J connectivity index is 1.44. The molecule has 204 valence electrons. The second kappa shape index (κ2) is 12.1. The van der Waals surface area contributed by atoms with E-state index in [4.69, 9.17) is 14.2 Å². The lowest BCUT2D eigenvalue weighted by Crippen LogP contribution is -2.32. The first-order valence-corrected chi connectivity index (χ1v) is 12.2. The molecule has 3 aromatic rings. The van der Waals surface area contributed by atoms with Crippen molar-refractivity contribution < 1.29 is 38.4 Å². The first-order chi connectivity index (χ1) is 19.2. The number of non-ortho nitro benzene ring substituents is 2. The van der Waals surface area contributed by atoms with Crippen molar-refractivity contribution in [3.8, 4) is 17.2 Å². The summed E-state index contributed by atoms with van der Waals surface area (Å²) in [6.07, 6.45) is 1.45. The van der Waals surface area contributed by atoms with Crippen molar-refractivity contribution in [1.29, 1.82) is 0 Å². The highest BCUT2D eigenvalue weighted by molar-refractivity contribution is 8.18. The van der Waals surface area contributed by atoms with Crippen LogP contribution >= 0.6 is 11.8 Å². The predicted molar refractivity (Wildman–Crippen MR) is 142 cm³/mol. The van der Waals surface area contributed by atoms with Gasteiger partial charge < -0.3 is 14.2 Å². The van der Waals surface area contributed by atoms with Gasteiger partial charge in [-0.2, -0.15) is 0 Å². The van der Waals surface area contributed by atoms with Crippen molar-refractivity contribution in [3.05, 3.63) is 103 Å². The zero-order valence-corrected chi connectivity index (χ0v) is 21.5. The number of esters is 1. The van der Waals surface area contributed by atoms with Crippen molar-refractivity contribution >= 4 is 46.3 Å². The Labute approximate surface area is 230 Å². The van der Waals surface area contributed by atoms with Gasteiger partial charge >= 0.3 is 5.97 Å². The molecule has 0 spiro atoms. The molecule has 0 atom stereocenters. The fourth-order valence-electron chi connectivity index (χ4n) is 3.59. The van der Waals surface area contributed by atoms with Gasteiger partial charge in [-0.05, 0) is 47.7 Å². The maximum absolute atomic E-state index is 12.8. The van der Waals surface area contributed by atoms with Crippen LogP contribution in [0.25, 0.3) is 6.08 Å². The van der Waals surface area contributed by atoms with Crippen LogP contribution in [-0.4, -0.2) is 52.1 Å². The SMILES string of the molecule is COc1ccccc1OCCN1C(=O)S/C(=C\c2cccc(OC(=O)c3cc([N+](=O)[O-])cc([N+](=O)[O-])c3)c2)C1=O. The van der Waals surface area contributed by atoms with E-state index in [1.807, 2.05) is 0 Å². The van der Waals surface area contributed by atoms with Gasteiger partial charge in [-0.3, -0.25) is 34.7 Å². The predicted octanol–water partition coefficient (Wildman–Crippen LogP) is 4.85. The minimum atomic E-state index is -1.06. The molecule has 0 radical (unpaired) electrons. The smallest absolute Gasteiger partial charge is 0.344 e. The summed E-state index contributed by atoms with van der Waals surface area (Å²) in [6, 6.07) is 15.4. The molecule has 1 aliphatic rings. The summed E-state index contributed by atoms with van der Waals surface area (Å²) < 4.78 is 16.1. The second-order valence-corrected chi connectivity index (χ2v) is 9.04. The molecule has 3 aromatic carbocycles. The third-order valence-corrected chi connectivity index (χ3v) is 6.35. The molecule has 2 amide bonds. The number of imide groups is 1. The molecule has 1 saturated heterocycles. The van der Waals surface area contributed by atoms with Crippen LogP contribution in [0.5, 0.6) is 17.2 Å². The number of carbonyl (C=O) groups is 3. The summed E-state index contributed by atoms with van der Waals surface area (Å²) >= 11 is 0.739. The highest BCUT2D eigenvalue weighted by Crippen LogP contribution is 2.33. The van der Waals surface area contributed by atoms with E-state index in [9.17, 15) is 34.6 Å². The summed E-state index contributed by atoms with van der Waals surface area (Å²) in [5, 5.41) is 21.7. The highest BCUT2D eigenvalue weighted by atomic mass is 32.2. The zero-order chi connectivity index (χ0) is 28.8. The van der Waals surface area contributed by atoms with Crippen molar-refractivity contribution in [2.75, 3.05) is 20.3 Å². The number of ether oxygens (including phenoxy) is 3. The minimum absolute atomic E-state index is 0.00700. The molecule has 0 bridgehead atoms. The number of carbonyl (C=O) groups excluding carboxylic acids is 3. The second-order valence-electron chi connectivity index (χ2n) is 8.05. The van der Waals surface area contributed by atoms with Gasteiger partial charge in [0.15, 0.2) is 11.5 Å². The first kappa shape index (κ1) is 27.8. The number of hydrogen-bond acceptors (Lipinski definition) is 11. The Kier molecular flexibility index (Phi) is 8.39. The third-order valence-electron chi connectivity index (χ3n) is 5.44. The van der Waals surface area contributed by atoms with Crippen LogP contribution < -0.4 is 14.2 Å². The molecule has 1 aliphatic heterocycles. The Morgan fingerprint density at radius 3 is 2.27 bits per heavy atom. The van der Waals surface area contributed by atoms with E-state index < -0.39 is 38.3 Å². The summed E-state index contributed by atoms with van der Waals surface area (Å²) in [6.45, 7) is 0.0556. The van der Waals surface area contributed by atoms with Gasteiger partial charge in [0.05, 0.1) is 40.0 Å². The average molecular weight is 566 g/mol. The lowest BCUT2D eigenvalue weighted by Gasteiger charge is -2.14. The summed E-state index contributed by atoms with van der Waals surface area (Å²) in [7, 11) is 1.50. The summed E-state index contributed by atoms with van der Waals surface area (Å²) in [4.78, 5) is 59.5. The topological polar surface area (TPSA) is 168 Å². The van der Waals surface area contributed by atoms with Gasteiger partial charge in [0, 0.05) is 12.1 Å². The number of rotatable bonds is 10. The number of nitro groups is 2. The number of thioether (sulfide) groups is 1. The summed E-state index contributed by atoms with van der Waals surface area (Å²) in [5.41, 5.74) is -1.24. The van der Waals surface area contributed by atoms with Crippen molar-refractivity contribution in [1.82, 2.24) is 4.90 Å². The number of amides is 2. The quantitative estimate of drug-likeness (QED) is 0.108. The van der Waals surface area contributed by atoms with Gasteiger partial charge in [-0.1, -0.05) is 24.3 Å². The van der Waals surface area contributed by atoms with Gasteiger partial charge in [-0.25, -0.2) is 4.79 Å². The summed E-state index contributed by atoms with van der Waals surface area (Å²) in [5.74, 6) is -0.582. The van der Waals surface area contributed by atoms with E-state index in [2.05, 4.69) is 0 Å². The fraction of sp³-hybridized carbons (Fsp3) is 0.115. The van der Waals surface area contributed by atoms with E-state index in [1.54, 1.807) is 30.3 Å². The molecule has 13 nitrogen and oxygen atoms in total. The van der Waals surface area contributed by atoms with Crippen LogP contribution in [0.3, 0.4) is 0 Å². The van der Waals surface area contributed by atoms with E-state index in [-0.39, 0.29) is 29.4 Å². The molecule has 0 aliphatic carbocycles. The Morgan fingerprint density at radius 1 is 0.950 bits per heavy atom. The number of methoxy groups -OCH3 is 1. The van der Waals surface area contributed by atoms with Crippen LogP contribution in [0.2, 0.25) is 0 Å². The number of nitrogens with zero attached hydrogens (tertiary/aromatic N) is 3. The Bertz CT molecular complexity index is 1520. The molecule has 1 heterocycles. The van der Waals surface area contributed by atoms with Crippen molar-refractivity contribution in [2.45, 2.75) is 0 Å². The number of para-hydroxylation sites is 2. The number of nitro benzene ring substituents is 2. The Hall–Kier alpha value is -5.24. The normalized spacial score (nSPS) is 13.8. The van der Waals surface area contributed by atoms with E-state index >= 15 is 0 Å². The molecule has 0 unspecified atom stereocenters. The lowest BCUT2D eigenvalue weighted by atomic mass is 10.1. The van der Waals surface area contributed by atoms with Crippen LogP contribution in [0.4, 0.5) is 16.2 Å². The minimum Gasteiger partial charge on any atom is -0.493 e. The van der Waals surface area contributed by atoms with E-state index in [0.29, 0.717) is 17.1 Å². The lowest BCUT2D eigenvalue weighted by molar-refractivity contribution is -0.394. The fourth-order valence-corrected chi connectivity index (χ4v) is 4.45. The molecule has 14 heteroatoms. The zero-order valence-electron chi connectivity index (χ0n) is 20.7. The van der Waals surface area contributed by atoms with Gasteiger partial charge in [0.25, 0.3) is 22.5 Å². The maximum atomic E-state index is 12.8. The van der Waals surface area contributed by atoms with Gasteiger partial charge in [-0.15, -0.1) is 0 Å². The molecule has 0 saturated carbocycles. The van der Waals surface area contributed by atoms with Gasteiger partial charge in [0.1, 0.15) is 12.4 Å². The van der Waals surface area contributed by atoms with Crippen LogP contribution in [0.1, 0.15) is 15.9 Å². The molecule has 40 heavy (non-hydrogen) atoms. The standard InChI is InChI=1S/C26H19N3O10S/c1-37-21-7-2-3-8-22(21)38-10-9-27-24(30)23(40-26(27)32)12-16-5-4-6-20(11-16)39-25(31)17-13-18(28(33)34)15-19(14-17)29(35)36/h2-8,11-15H,9-10H2,1H3/b23-12-. The van der Waals surface area contributed by atoms with Crippen LogP contribution in [-0.2, 0) is 4.79 Å². The average Bonchev–Trinajstić information content (AvgIpc) is 3.20. The van der Waals surface area contributed by atoms with E-state index in [0.717, 1.165) is 34.9 Å². The molecule has 1 fully saturated rings. The number of hydrogen-bond donors (Lipinski definition) is 0. The van der Waals surface area contributed by atoms with Gasteiger partial charge in [0.2, 0.25) is 0 Å². The monoisotopic (exact) mass is 565 g/mol. The van der Waals surface area contributed by atoms with Crippen LogP contribution in [0.15, 0.2) is 71.6 Å². The molecule has 4 rings (SSSR count). The van der Waals surface area contributed by atoms with E-state index in [1.165, 1.54) is 31.4 Å². The largest absolute Gasteiger partial charge is 0.493 e. The Morgan fingerprint density at radius 2 is 1.62 bits per heavy atom. The molecular weight excluding hydrogens is 546 g/mol. The molecule has 0 N–H and O–H groups in total. The van der Waals surface area contributed by atoms with Crippen molar-refractivity contribution in [2.24, 2.45) is 0 Å². The molecular formula is C26H19N3O10S. The maximum Gasteiger partial charge on any atom is 0.344 e.